The molecule has 2 saturated heterocycles. The van der Waals surface area contributed by atoms with Crippen LogP contribution >= 0.6 is 23.2 Å². The molecule has 0 spiro atoms. The van der Waals surface area contributed by atoms with Crippen molar-refractivity contribution in [3.05, 3.63) is 106 Å². The number of amides is 1. The second-order valence-electron chi connectivity index (χ2n) is 10.7. The van der Waals surface area contributed by atoms with Gasteiger partial charge < -0.3 is 10.0 Å². The highest BCUT2D eigenvalue weighted by molar-refractivity contribution is 6.42. The third-order valence-electron chi connectivity index (χ3n) is 8.37. The zero-order chi connectivity index (χ0) is 26.8. The number of carbonyl (C=O) groups is 1. The van der Waals surface area contributed by atoms with Crippen LogP contribution in [0.4, 0.5) is 0 Å². The molecule has 5 nitrogen and oxygen atoms in total. The van der Waals surface area contributed by atoms with Gasteiger partial charge in [-0.1, -0.05) is 77.8 Å². The summed E-state index contributed by atoms with van der Waals surface area (Å²) < 4.78 is 0. The van der Waals surface area contributed by atoms with Crippen LogP contribution in [0.15, 0.2) is 78.9 Å². The number of nitrogens with zero attached hydrogens (tertiary/aromatic N) is 3. The Morgan fingerprint density at radius 3 is 2.18 bits per heavy atom. The summed E-state index contributed by atoms with van der Waals surface area (Å²) in [5.74, 6) is 0.0500. The van der Waals surface area contributed by atoms with Gasteiger partial charge in [0, 0.05) is 31.7 Å². The van der Waals surface area contributed by atoms with Crippen molar-refractivity contribution in [3.63, 3.8) is 0 Å². The molecule has 0 aliphatic carbocycles. The number of hydrogen-bond acceptors (Lipinski definition) is 4. The van der Waals surface area contributed by atoms with Crippen molar-refractivity contribution in [2.75, 3.05) is 39.9 Å². The van der Waals surface area contributed by atoms with Crippen molar-refractivity contribution in [1.29, 1.82) is 0 Å². The van der Waals surface area contributed by atoms with E-state index in [1.807, 2.05) is 83.8 Å². The Morgan fingerprint density at radius 2 is 1.53 bits per heavy atom. The van der Waals surface area contributed by atoms with Gasteiger partial charge in [-0.25, -0.2) is 0 Å². The van der Waals surface area contributed by atoms with Crippen molar-refractivity contribution >= 4 is 29.1 Å². The van der Waals surface area contributed by atoms with Gasteiger partial charge in [-0.15, -0.1) is 0 Å². The lowest BCUT2D eigenvalue weighted by Gasteiger charge is -2.51. The van der Waals surface area contributed by atoms with E-state index in [0.29, 0.717) is 35.0 Å². The van der Waals surface area contributed by atoms with Gasteiger partial charge in [0.1, 0.15) is 0 Å². The summed E-state index contributed by atoms with van der Waals surface area (Å²) in [4.78, 5) is 20.2. The molecular weight excluding hydrogens is 517 g/mol. The third-order valence-corrected chi connectivity index (χ3v) is 9.11. The first-order chi connectivity index (χ1) is 18.3. The van der Waals surface area contributed by atoms with E-state index in [-0.39, 0.29) is 5.91 Å². The Balaban J connectivity index is 1.38. The molecule has 2 heterocycles. The SMILES string of the molecule is CN(CN1CCC(O)(c2ccccc2)CC1)C1(c2ccc(Cl)c(Cl)c2)CCCN(C(=O)c2ccccc2)C1. The van der Waals surface area contributed by atoms with Gasteiger partial charge in [0.05, 0.1) is 27.9 Å². The number of likely N-dealkylation sites (tertiary alicyclic amines) is 2. The summed E-state index contributed by atoms with van der Waals surface area (Å²) in [6, 6.07) is 25.3. The van der Waals surface area contributed by atoms with Crippen LogP contribution < -0.4 is 0 Å². The molecule has 5 rings (SSSR count). The second-order valence-corrected chi connectivity index (χ2v) is 11.5. The van der Waals surface area contributed by atoms with E-state index in [1.54, 1.807) is 0 Å². The lowest BCUT2D eigenvalue weighted by atomic mass is 9.80. The molecule has 3 aromatic rings. The Hall–Kier alpha value is -2.41. The molecule has 2 aliphatic heterocycles. The Kier molecular flexibility index (Phi) is 8.13. The summed E-state index contributed by atoms with van der Waals surface area (Å²) in [6.07, 6.45) is 3.16. The number of aliphatic hydroxyl groups is 1. The second kappa shape index (κ2) is 11.4. The van der Waals surface area contributed by atoms with E-state index in [0.717, 1.165) is 50.3 Å². The lowest BCUT2D eigenvalue weighted by molar-refractivity contribution is -0.0560. The van der Waals surface area contributed by atoms with E-state index < -0.39 is 11.1 Å². The summed E-state index contributed by atoms with van der Waals surface area (Å²) >= 11 is 12.8. The fraction of sp³-hybridized carbons (Fsp3) is 0.387. The predicted molar refractivity (Wildman–Crippen MR) is 153 cm³/mol. The average Bonchev–Trinajstić information content (AvgIpc) is 2.96. The van der Waals surface area contributed by atoms with Crippen LogP contribution in [0.2, 0.25) is 10.0 Å². The van der Waals surface area contributed by atoms with Crippen molar-refractivity contribution in [1.82, 2.24) is 14.7 Å². The predicted octanol–water partition coefficient (Wildman–Crippen LogP) is 6.00. The number of piperidine rings is 2. The highest BCUT2D eigenvalue weighted by atomic mass is 35.5. The maximum Gasteiger partial charge on any atom is 0.253 e. The quantitative estimate of drug-likeness (QED) is 0.408. The van der Waals surface area contributed by atoms with Gasteiger partial charge in [0.2, 0.25) is 0 Å². The first-order valence-electron chi connectivity index (χ1n) is 13.3. The number of likely N-dealkylation sites (N-methyl/N-ethyl adjacent to an activating group) is 1. The van der Waals surface area contributed by atoms with Gasteiger partial charge in [-0.05, 0) is 68.1 Å². The molecule has 2 aliphatic rings. The molecule has 0 saturated carbocycles. The van der Waals surface area contributed by atoms with Crippen LogP contribution in [0.5, 0.6) is 0 Å². The third kappa shape index (κ3) is 5.49. The van der Waals surface area contributed by atoms with E-state index in [1.165, 1.54) is 0 Å². The molecule has 1 N–H and O–H groups in total. The van der Waals surface area contributed by atoms with E-state index in [2.05, 4.69) is 16.8 Å². The molecule has 200 valence electrons. The topological polar surface area (TPSA) is 47.0 Å². The number of rotatable bonds is 6. The Bertz CT molecular complexity index is 1250. The van der Waals surface area contributed by atoms with Gasteiger partial charge >= 0.3 is 0 Å². The summed E-state index contributed by atoms with van der Waals surface area (Å²) in [7, 11) is 2.14. The standard InChI is InChI=1S/C31H35Cl2N3O2/c1-34(23-35-19-16-31(38,17-20-35)25-11-6-3-7-12-25)30(26-13-14-27(32)28(33)21-26)15-8-18-36(22-30)29(37)24-9-4-2-5-10-24/h2-7,9-14,21,38H,8,15-20,22-23H2,1H3. The van der Waals surface area contributed by atoms with Crippen LogP contribution in [0.1, 0.15) is 47.2 Å². The number of halogens is 2. The van der Waals surface area contributed by atoms with Crippen LogP contribution in [-0.2, 0) is 11.1 Å². The molecule has 0 aromatic heterocycles. The van der Waals surface area contributed by atoms with Crippen molar-refractivity contribution in [2.24, 2.45) is 0 Å². The molecule has 1 atom stereocenters. The maximum atomic E-state index is 13.5. The van der Waals surface area contributed by atoms with Crippen molar-refractivity contribution in [3.8, 4) is 0 Å². The van der Waals surface area contributed by atoms with E-state index >= 15 is 0 Å². The molecule has 1 amide bonds. The van der Waals surface area contributed by atoms with Crippen LogP contribution in [-0.4, -0.2) is 65.6 Å². The van der Waals surface area contributed by atoms with Gasteiger partial charge in [-0.2, -0.15) is 0 Å². The highest BCUT2D eigenvalue weighted by Crippen LogP contribution is 2.40. The molecule has 3 aromatic carbocycles. The first-order valence-corrected chi connectivity index (χ1v) is 14.1. The minimum atomic E-state index is -0.790. The van der Waals surface area contributed by atoms with Crippen molar-refractivity contribution in [2.45, 2.75) is 36.8 Å². The van der Waals surface area contributed by atoms with E-state index in [4.69, 9.17) is 23.2 Å². The normalized spacial score (nSPS) is 22.0. The minimum Gasteiger partial charge on any atom is -0.385 e. The lowest BCUT2D eigenvalue weighted by Crippen LogP contribution is -2.59. The van der Waals surface area contributed by atoms with Crippen LogP contribution in [0, 0.1) is 0 Å². The molecular formula is C31H35Cl2N3O2. The minimum absolute atomic E-state index is 0.0500. The number of benzene rings is 3. The molecule has 0 radical (unpaired) electrons. The largest absolute Gasteiger partial charge is 0.385 e. The fourth-order valence-electron chi connectivity index (χ4n) is 6.06. The smallest absolute Gasteiger partial charge is 0.253 e. The molecule has 1 unspecified atom stereocenters. The number of carbonyl (C=O) groups excluding carboxylic acids is 1. The monoisotopic (exact) mass is 551 g/mol. The Labute approximate surface area is 235 Å². The highest BCUT2D eigenvalue weighted by Gasteiger charge is 2.43. The first kappa shape index (κ1) is 27.2. The summed E-state index contributed by atoms with van der Waals surface area (Å²) in [6.45, 7) is 3.59. The van der Waals surface area contributed by atoms with E-state index in [9.17, 15) is 9.90 Å². The zero-order valence-electron chi connectivity index (χ0n) is 21.8. The maximum absolute atomic E-state index is 13.5. The molecule has 0 bridgehead atoms. The Morgan fingerprint density at radius 1 is 0.868 bits per heavy atom. The molecule has 7 heteroatoms. The average molecular weight is 553 g/mol. The molecule has 38 heavy (non-hydrogen) atoms. The zero-order valence-corrected chi connectivity index (χ0v) is 23.3. The number of hydrogen-bond donors (Lipinski definition) is 1. The van der Waals surface area contributed by atoms with Crippen molar-refractivity contribution < 1.29 is 9.90 Å². The fourth-order valence-corrected chi connectivity index (χ4v) is 6.36. The van der Waals surface area contributed by atoms with Gasteiger partial charge in [-0.3, -0.25) is 14.6 Å². The van der Waals surface area contributed by atoms with Crippen LogP contribution in [0.25, 0.3) is 0 Å². The van der Waals surface area contributed by atoms with Crippen LogP contribution in [0.3, 0.4) is 0 Å². The summed E-state index contributed by atoms with van der Waals surface area (Å²) in [5.41, 5.74) is 1.56. The van der Waals surface area contributed by atoms with Gasteiger partial charge in [0.25, 0.3) is 5.91 Å². The summed E-state index contributed by atoms with van der Waals surface area (Å²) in [5, 5.41) is 12.4. The molecule has 2 fully saturated rings. The van der Waals surface area contributed by atoms with Gasteiger partial charge in [0.15, 0.2) is 0 Å².